The van der Waals surface area contributed by atoms with E-state index in [2.05, 4.69) is 15.6 Å². The van der Waals surface area contributed by atoms with E-state index in [0.29, 0.717) is 18.4 Å². The molecule has 2 aliphatic rings. The van der Waals surface area contributed by atoms with E-state index in [0.717, 1.165) is 19.4 Å². The fourth-order valence-electron chi connectivity index (χ4n) is 3.06. The maximum atomic E-state index is 14.3. The summed E-state index contributed by atoms with van der Waals surface area (Å²) in [5.74, 6) is -0.493. The summed E-state index contributed by atoms with van der Waals surface area (Å²) in [6, 6.07) is 1.12. The van der Waals surface area contributed by atoms with Gasteiger partial charge in [-0.15, -0.1) is 12.4 Å². The van der Waals surface area contributed by atoms with Crippen LogP contribution in [0.3, 0.4) is 0 Å². The molecule has 1 atom stereocenters. The molecule has 2 heterocycles. The van der Waals surface area contributed by atoms with Crippen molar-refractivity contribution in [2.45, 2.75) is 50.5 Å². The largest absolute Gasteiger partial charge is 0.481 e. The molecule has 2 N–H and O–H groups in total. The number of nitrogens with one attached hydrogen (secondary N) is 2. The van der Waals surface area contributed by atoms with Gasteiger partial charge in [0.1, 0.15) is 6.10 Å². The molecule has 146 valence electrons. The van der Waals surface area contributed by atoms with Gasteiger partial charge < -0.3 is 24.8 Å². The molecule has 1 saturated heterocycles. The summed E-state index contributed by atoms with van der Waals surface area (Å²) in [4.78, 5) is 16.2. The molecule has 7 nitrogen and oxygen atoms in total. The molecule has 1 saturated carbocycles. The molecule has 1 aromatic heterocycles. The van der Waals surface area contributed by atoms with Gasteiger partial charge in [-0.3, -0.25) is 4.79 Å². The van der Waals surface area contributed by atoms with Crippen molar-refractivity contribution in [3.8, 4) is 11.8 Å². The average Bonchev–Trinajstić information content (AvgIpc) is 3.11. The van der Waals surface area contributed by atoms with Gasteiger partial charge >= 0.3 is 0 Å². The smallest absolute Gasteiger partial charge is 0.254 e. The Balaban J connectivity index is 0.00000243. The third-order valence-corrected chi connectivity index (χ3v) is 4.67. The Morgan fingerprint density at radius 1 is 1.35 bits per heavy atom. The standard InChI is InChI=1S/C17H24FN3O4.ClH/c1-23-11-7-12(8-11)25-17-13(18)6-10(16(21-17)24-2)9-20-15(22)14-4-3-5-19-14;/h6,11-12,14,19H,3-5,7-9H2,1-2H3,(H,20,22);1H/t11?,12?,14-;/m0./s1. The van der Waals surface area contributed by atoms with Crippen molar-refractivity contribution in [1.29, 1.82) is 0 Å². The predicted molar refractivity (Wildman–Crippen MR) is 95.3 cm³/mol. The first-order valence-electron chi connectivity index (χ1n) is 8.54. The zero-order valence-electron chi connectivity index (χ0n) is 14.9. The normalized spacial score (nSPS) is 24.3. The minimum atomic E-state index is -0.565. The lowest BCUT2D eigenvalue weighted by Gasteiger charge is -2.33. The highest BCUT2D eigenvalue weighted by atomic mass is 35.5. The van der Waals surface area contributed by atoms with E-state index in [-0.39, 0.29) is 54.9 Å². The number of ether oxygens (including phenoxy) is 3. The van der Waals surface area contributed by atoms with Crippen LogP contribution in [0, 0.1) is 5.82 Å². The Bertz CT molecular complexity index is 622. The Labute approximate surface area is 158 Å². The molecule has 0 radical (unpaired) electrons. The number of rotatable bonds is 7. The van der Waals surface area contributed by atoms with Gasteiger partial charge in [0.25, 0.3) is 5.88 Å². The van der Waals surface area contributed by atoms with Gasteiger partial charge in [0.05, 0.1) is 19.3 Å². The van der Waals surface area contributed by atoms with Gasteiger partial charge in [0.2, 0.25) is 11.8 Å². The zero-order chi connectivity index (χ0) is 17.8. The highest BCUT2D eigenvalue weighted by Gasteiger charge is 2.32. The molecule has 1 aliphatic carbocycles. The predicted octanol–water partition coefficient (Wildman–Crippen LogP) is 1.58. The van der Waals surface area contributed by atoms with Crippen molar-refractivity contribution in [2.24, 2.45) is 0 Å². The van der Waals surface area contributed by atoms with Crippen LogP contribution in [-0.2, 0) is 16.1 Å². The molecule has 9 heteroatoms. The molecule has 0 bridgehead atoms. The van der Waals surface area contributed by atoms with Gasteiger partial charge in [0.15, 0.2) is 5.82 Å². The Morgan fingerprint density at radius 2 is 2.12 bits per heavy atom. The quantitative estimate of drug-likeness (QED) is 0.736. The summed E-state index contributed by atoms with van der Waals surface area (Å²) in [5, 5.41) is 5.91. The number of methoxy groups -OCH3 is 2. The first-order chi connectivity index (χ1) is 12.1. The van der Waals surface area contributed by atoms with Crippen LogP contribution >= 0.6 is 12.4 Å². The summed E-state index contributed by atoms with van der Waals surface area (Å²) >= 11 is 0. The second-order valence-corrected chi connectivity index (χ2v) is 6.38. The van der Waals surface area contributed by atoms with Gasteiger partial charge in [-0.05, 0) is 25.5 Å². The van der Waals surface area contributed by atoms with Gasteiger partial charge in [-0.1, -0.05) is 0 Å². The molecule has 2 fully saturated rings. The lowest BCUT2D eigenvalue weighted by Crippen LogP contribution is -2.40. The monoisotopic (exact) mass is 389 g/mol. The second-order valence-electron chi connectivity index (χ2n) is 6.38. The van der Waals surface area contributed by atoms with E-state index in [1.165, 1.54) is 13.2 Å². The maximum Gasteiger partial charge on any atom is 0.254 e. The first-order valence-corrected chi connectivity index (χ1v) is 8.54. The highest BCUT2D eigenvalue weighted by molar-refractivity contribution is 5.85. The summed E-state index contributed by atoms with van der Waals surface area (Å²) in [6.07, 6.45) is 3.28. The van der Waals surface area contributed by atoms with Crippen LogP contribution in [0.2, 0.25) is 0 Å². The third-order valence-electron chi connectivity index (χ3n) is 4.67. The minimum absolute atomic E-state index is 0. The molecule has 1 aromatic rings. The molecular formula is C17H25ClFN3O4. The number of nitrogens with zero attached hydrogens (tertiary/aromatic N) is 1. The molecule has 1 amide bonds. The molecule has 1 aliphatic heterocycles. The molecule has 26 heavy (non-hydrogen) atoms. The number of halogens is 2. The number of carbonyl (C=O) groups excluding carboxylic acids is 1. The molecule has 0 spiro atoms. The zero-order valence-corrected chi connectivity index (χ0v) is 15.7. The molecular weight excluding hydrogens is 365 g/mol. The number of hydrogen-bond acceptors (Lipinski definition) is 6. The van der Waals surface area contributed by atoms with Crippen LogP contribution in [0.25, 0.3) is 0 Å². The summed E-state index contributed by atoms with van der Waals surface area (Å²) < 4.78 is 30.3. The van der Waals surface area contributed by atoms with E-state index >= 15 is 0 Å². The molecule has 0 unspecified atom stereocenters. The summed E-state index contributed by atoms with van der Waals surface area (Å²) in [5.41, 5.74) is 0.474. The van der Waals surface area contributed by atoms with Crippen molar-refractivity contribution in [3.05, 3.63) is 17.4 Å². The number of aromatic nitrogens is 1. The number of carbonyl (C=O) groups is 1. The van der Waals surface area contributed by atoms with Crippen molar-refractivity contribution in [3.63, 3.8) is 0 Å². The Morgan fingerprint density at radius 3 is 2.73 bits per heavy atom. The summed E-state index contributed by atoms with van der Waals surface area (Å²) in [6.45, 7) is 0.994. The maximum absolute atomic E-state index is 14.3. The van der Waals surface area contributed by atoms with Gasteiger partial charge in [-0.25, -0.2) is 4.39 Å². The lowest BCUT2D eigenvalue weighted by atomic mass is 9.92. The Hall–Kier alpha value is -1.64. The lowest BCUT2D eigenvalue weighted by molar-refractivity contribution is -0.122. The average molecular weight is 390 g/mol. The number of hydrogen-bond donors (Lipinski definition) is 2. The number of pyridine rings is 1. The highest BCUT2D eigenvalue weighted by Crippen LogP contribution is 2.30. The van der Waals surface area contributed by atoms with Crippen molar-refractivity contribution < 1.29 is 23.4 Å². The third kappa shape index (κ3) is 4.75. The van der Waals surface area contributed by atoms with Crippen LogP contribution in [0.1, 0.15) is 31.2 Å². The fraction of sp³-hybridized carbons (Fsp3) is 0.647. The van der Waals surface area contributed by atoms with Crippen molar-refractivity contribution in [1.82, 2.24) is 15.6 Å². The minimum Gasteiger partial charge on any atom is -0.481 e. The van der Waals surface area contributed by atoms with Gasteiger partial charge in [-0.2, -0.15) is 4.98 Å². The van der Waals surface area contributed by atoms with E-state index in [1.807, 2.05) is 0 Å². The molecule has 0 aromatic carbocycles. The molecule has 3 rings (SSSR count). The van der Waals surface area contributed by atoms with Crippen molar-refractivity contribution >= 4 is 18.3 Å². The van der Waals surface area contributed by atoms with Crippen LogP contribution < -0.4 is 20.1 Å². The van der Waals surface area contributed by atoms with E-state index in [9.17, 15) is 9.18 Å². The number of amides is 1. The Kier molecular flexibility index (Phi) is 7.43. The SMILES string of the molecule is COc1nc(OC2CC(OC)C2)c(F)cc1CNC(=O)[C@@H]1CCCN1.Cl. The topological polar surface area (TPSA) is 81.7 Å². The van der Waals surface area contributed by atoms with Crippen LogP contribution in [-0.4, -0.2) is 49.9 Å². The second kappa shape index (κ2) is 9.34. The first kappa shape index (κ1) is 20.7. The fourth-order valence-corrected chi connectivity index (χ4v) is 3.06. The van der Waals surface area contributed by atoms with E-state index < -0.39 is 5.82 Å². The van der Waals surface area contributed by atoms with Gasteiger partial charge in [0, 0.05) is 32.1 Å². The van der Waals surface area contributed by atoms with E-state index in [4.69, 9.17) is 14.2 Å². The van der Waals surface area contributed by atoms with Crippen molar-refractivity contribution in [2.75, 3.05) is 20.8 Å². The van der Waals surface area contributed by atoms with Crippen LogP contribution in [0.4, 0.5) is 4.39 Å². The summed E-state index contributed by atoms with van der Waals surface area (Å²) in [7, 11) is 3.10. The van der Waals surface area contributed by atoms with E-state index in [1.54, 1.807) is 7.11 Å². The van der Waals surface area contributed by atoms with Crippen LogP contribution in [0.15, 0.2) is 6.07 Å². The van der Waals surface area contributed by atoms with Crippen LogP contribution in [0.5, 0.6) is 11.8 Å².